The number of hydrogen-bond donors (Lipinski definition) is 0. The zero-order chi connectivity index (χ0) is 26.6. The zero-order valence-electron chi connectivity index (χ0n) is 16.4. The molecule has 0 aromatic heterocycles. The van der Waals surface area contributed by atoms with Crippen molar-refractivity contribution in [2.24, 2.45) is 0 Å². The molecule has 19 heteroatoms. The van der Waals surface area contributed by atoms with E-state index in [0.717, 1.165) is 0 Å². The monoisotopic (exact) mass is 555 g/mol. The van der Waals surface area contributed by atoms with E-state index in [-0.39, 0.29) is 16.9 Å². The number of rotatable bonds is 10. The second-order valence-corrected chi connectivity index (χ2v) is 7.77. The summed E-state index contributed by atoms with van der Waals surface area (Å²) in [4.78, 5) is 0. The molecule has 202 valence electrons. The third-order valence-electron chi connectivity index (χ3n) is 4.11. The smallest absolute Gasteiger partial charge is 0.460 e. The van der Waals surface area contributed by atoms with Crippen LogP contribution in [0, 0.1) is 0 Å². The summed E-state index contributed by atoms with van der Waals surface area (Å²) in [5.41, 5.74) is 0. The second kappa shape index (κ2) is 8.93. The van der Waals surface area contributed by atoms with Crippen molar-refractivity contribution in [3.63, 3.8) is 0 Å². The van der Waals surface area contributed by atoms with Crippen LogP contribution in [0.3, 0.4) is 0 Å². The van der Waals surface area contributed by atoms with Gasteiger partial charge in [-0.15, -0.1) is 0 Å². The molecule has 0 radical (unpaired) electrons. The van der Waals surface area contributed by atoms with Crippen molar-refractivity contribution in [1.29, 1.82) is 0 Å². The molecule has 0 aromatic carbocycles. The first kappa shape index (κ1) is 34.2. The van der Waals surface area contributed by atoms with Gasteiger partial charge in [0.25, 0.3) is 0 Å². The Labute approximate surface area is 180 Å². The number of halogens is 18. The molecule has 0 aromatic rings. The molecule has 0 heterocycles. The quantitative estimate of drug-likeness (QED) is 0.286. The average Bonchev–Trinajstić information content (AvgIpc) is 2.50. The fraction of sp³-hybridized carbons (Fsp3) is 1.00. The van der Waals surface area contributed by atoms with Crippen LogP contribution in [0.5, 0.6) is 0 Å². The first-order chi connectivity index (χ1) is 13.5. The van der Waals surface area contributed by atoms with Gasteiger partial charge in [0, 0.05) is 12.8 Å². The highest BCUT2D eigenvalue weighted by atomic mass is 35.5. The fourth-order valence-electron chi connectivity index (χ4n) is 2.13. The summed E-state index contributed by atoms with van der Waals surface area (Å²) in [6.07, 6.45) is -11.3. The van der Waals surface area contributed by atoms with Gasteiger partial charge in [-0.1, -0.05) is 0 Å². The predicted molar refractivity (Wildman–Crippen MR) is 72.8 cm³/mol. The summed E-state index contributed by atoms with van der Waals surface area (Å²) in [7, 11) is 3.80. The Balaban J connectivity index is 0. The molecule has 1 nitrogen and oxygen atoms in total. The van der Waals surface area contributed by atoms with Crippen LogP contribution in [0.25, 0.3) is 0 Å². The van der Waals surface area contributed by atoms with Gasteiger partial charge in [-0.3, -0.25) is 0 Å². The van der Waals surface area contributed by atoms with Gasteiger partial charge in [-0.05, 0) is 0 Å². The minimum absolute atomic E-state index is 0. The highest BCUT2D eigenvalue weighted by molar-refractivity contribution is 5.15. The van der Waals surface area contributed by atoms with E-state index in [1.165, 1.54) is 21.1 Å². The lowest BCUT2D eigenvalue weighted by Gasteiger charge is -2.42. The molecular weight excluding hydrogens is 541 g/mol. The maximum absolute atomic E-state index is 13.6. The van der Waals surface area contributed by atoms with E-state index in [9.17, 15) is 74.6 Å². The summed E-state index contributed by atoms with van der Waals surface area (Å²) in [5.74, 6) is -55.8. The molecule has 0 N–H and O–H groups in total. The lowest BCUT2D eigenvalue weighted by molar-refractivity contribution is -0.870. The SMILES string of the molecule is C[N+](C)(C)CCCC(F)(F)C(F)(F)C(F)(F)C(F)(F)C(F)(F)C(F)(F)C(F)(F)C(F)(F)F.[Cl-]. The molecule has 0 saturated heterocycles. The lowest BCUT2D eigenvalue weighted by Crippen LogP contribution is -3.00. The van der Waals surface area contributed by atoms with Crippen molar-refractivity contribution in [3.8, 4) is 0 Å². The Morgan fingerprint density at radius 1 is 0.455 bits per heavy atom. The van der Waals surface area contributed by atoms with Gasteiger partial charge in [0.05, 0.1) is 27.7 Å². The van der Waals surface area contributed by atoms with Crippen LogP contribution in [0.4, 0.5) is 74.6 Å². The maximum Gasteiger partial charge on any atom is 0.460 e. The van der Waals surface area contributed by atoms with Crippen molar-refractivity contribution >= 4 is 0 Å². The molecule has 0 aliphatic carbocycles. The van der Waals surface area contributed by atoms with E-state index in [2.05, 4.69) is 0 Å². The number of alkyl halides is 17. The van der Waals surface area contributed by atoms with E-state index in [4.69, 9.17) is 0 Å². The van der Waals surface area contributed by atoms with Crippen molar-refractivity contribution in [2.75, 3.05) is 27.7 Å². The Hall–Kier alpha value is -0.940. The average molecular weight is 556 g/mol. The Morgan fingerprint density at radius 3 is 1.00 bits per heavy atom. The van der Waals surface area contributed by atoms with E-state index in [1.807, 2.05) is 0 Å². The first-order valence-corrected chi connectivity index (χ1v) is 7.97. The Morgan fingerprint density at radius 2 is 0.727 bits per heavy atom. The van der Waals surface area contributed by atoms with Crippen LogP contribution in [0.2, 0.25) is 0 Å². The Kier molecular flexibility index (Phi) is 9.26. The van der Waals surface area contributed by atoms with Crippen molar-refractivity contribution < 1.29 is 91.5 Å². The summed E-state index contributed by atoms with van der Waals surface area (Å²) in [5, 5.41) is 0. The minimum atomic E-state index is -8.58. The van der Waals surface area contributed by atoms with E-state index in [1.54, 1.807) is 0 Å². The zero-order valence-corrected chi connectivity index (χ0v) is 17.1. The Bertz CT molecular complexity index is 662. The van der Waals surface area contributed by atoms with Gasteiger partial charge in [-0.2, -0.15) is 74.6 Å². The first-order valence-electron chi connectivity index (χ1n) is 7.97. The molecule has 0 fully saturated rings. The molecular formula is C14H15ClF17N. The largest absolute Gasteiger partial charge is 1.00 e. The van der Waals surface area contributed by atoms with Gasteiger partial charge >= 0.3 is 47.6 Å². The molecule has 0 aliphatic rings. The van der Waals surface area contributed by atoms with E-state index < -0.39 is 67.0 Å². The molecule has 0 saturated carbocycles. The molecule has 33 heavy (non-hydrogen) atoms. The summed E-state index contributed by atoms with van der Waals surface area (Å²) >= 11 is 0. The molecule has 0 unspecified atom stereocenters. The lowest BCUT2D eigenvalue weighted by atomic mass is 9.88. The molecule has 0 amide bonds. The molecule has 0 bridgehead atoms. The number of hydrogen-bond acceptors (Lipinski definition) is 0. The number of quaternary nitrogens is 1. The third-order valence-corrected chi connectivity index (χ3v) is 4.11. The van der Waals surface area contributed by atoms with Crippen LogP contribution in [-0.4, -0.2) is 79.8 Å². The summed E-state index contributed by atoms with van der Waals surface area (Å²) in [6, 6.07) is 0. The van der Waals surface area contributed by atoms with Crippen molar-refractivity contribution in [3.05, 3.63) is 0 Å². The van der Waals surface area contributed by atoms with E-state index >= 15 is 0 Å². The van der Waals surface area contributed by atoms with Crippen molar-refractivity contribution in [1.82, 2.24) is 0 Å². The van der Waals surface area contributed by atoms with Crippen LogP contribution < -0.4 is 12.4 Å². The summed E-state index contributed by atoms with van der Waals surface area (Å²) < 4.78 is 222. The van der Waals surface area contributed by atoms with Gasteiger partial charge in [0.15, 0.2) is 0 Å². The van der Waals surface area contributed by atoms with Gasteiger partial charge < -0.3 is 16.9 Å². The standard InChI is InChI=1S/C14H15F17N.ClH/c1-32(2,3)6-4-5-7(15,16)8(17,18)9(19,20)10(21,22)11(23,24)12(25,26)13(27,28)14(29,30)31;/h4-6H2,1-3H3;1H/q+1;/p-1. The molecule has 0 spiro atoms. The predicted octanol–water partition coefficient (Wildman–Crippen LogP) is 3.49. The normalized spacial score (nSPS) is 16.0. The van der Waals surface area contributed by atoms with Gasteiger partial charge in [0.1, 0.15) is 0 Å². The van der Waals surface area contributed by atoms with E-state index in [0.29, 0.717) is 0 Å². The van der Waals surface area contributed by atoms with Gasteiger partial charge in [-0.25, -0.2) is 0 Å². The van der Waals surface area contributed by atoms with Crippen LogP contribution >= 0.6 is 0 Å². The van der Waals surface area contributed by atoms with Crippen LogP contribution in [-0.2, 0) is 0 Å². The number of nitrogens with zero attached hydrogens (tertiary/aromatic N) is 1. The third kappa shape index (κ3) is 5.34. The molecule has 0 aliphatic heterocycles. The van der Waals surface area contributed by atoms with Crippen LogP contribution in [0.1, 0.15) is 12.8 Å². The summed E-state index contributed by atoms with van der Waals surface area (Å²) in [6.45, 7) is -0.500. The highest BCUT2D eigenvalue weighted by Gasteiger charge is 2.95. The minimum Gasteiger partial charge on any atom is -1.00 e. The second-order valence-electron chi connectivity index (χ2n) is 7.77. The fourth-order valence-corrected chi connectivity index (χ4v) is 2.13. The highest BCUT2D eigenvalue weighted by Crippen LogP contribution is 2.64. The topological polar surface area (TPSA) is 0 Å². The maximum atomic E-state index is 13.6. The van der Waals surface area contributed by atoms with Gasteiger partial charge in [0.2, 0.25) is 0 Å². The molecule has 0 atom stereocenters. The van der Waals surface area contributed by atoms with Crippen LogP contribution in [0.15, 0.2) is 0 Å². The molecule has 0 rings (SSSR count). The van der Waals surface area contributed by atoms with Crippen molar-refractivity contribution in [2.45, 2.75) is 60.5 Å².